The second kappa shape index (κ2) is 6.08. The Kier molecular flexibility index (Phi) is 4.62. The van der Waals surface area contributed by atoms with Crippen molar-refractivity contribution in [1.29, 1.82) is 0 Å². The zero-order valence-corrected chi connectivity index (χ0v) is 13.5. The Morgan fingerprint density at radius 2 is 1.75 bits per heavy atom. The van der Waals surface area contributed by atoms with Crippen molar-refractivity contribution in [3.05, 3.63) is 53.6 Å². The van der Waals surface area contributed by atoms with E-state index in [9.17, 15) is 8.42 Å². The molecule has 0 radical (unpaired) electrons. The second-order valence-electron chi connectivity index (χ2n) is 4.10. The molecule has 0 spiro atoms. The monoisotopic (exact) mass is 327 g/mol. The zero-order valence-electron chi connectivity index (χ0n) is 11.1. The lowest BCUT2D eigenvalue weighted by atomic mass is 10.3. The lowest BCUT2D eigenvalue weighted by Gasteiger charge is -2.21. The van der Waals surface area contributed by atoms with Crippen molar-refractivity contribution in [3.63, 3.8) is 0 Å². The van der Waals surface area contributed by atoms with Crippen molar-refractivity contribution in [2.24, 2.45) is 0 Å². The highest BCUT2D eigenvalue weighted by Crippen LogP contribution is 2.31. The summed E-state index contributed by atoms with van der Waals surface area (Å²) in [5.41, 5.74) is 0.611. The molecule has 0 aliphatic heterocycles. The number of hydrogen-bond acceptors (Lipinski definition) is 3. The van der Waals surface area contributed by atoms with Crippen LogP contribution in [0.4, 0.5) is 5.69 Å². The summed E-state index contributed by atoms with van der Waals surface area (Å²) in [5.74, 6) is 0. The topological polar surface area (TPSA) is 37.4 Å². The molecule has 0 saturated carbocycles. The van der Waals surface area contributed by atoms with Gasteiger partial charge in [-0.2, -0.15) is 0 Å². The number of anilines is 1. The maximum Gasteiger partial charge on any atom is 0.265 e. The van der Waals surface area contributed by atoms with E-state index in [1.165, 1.54) is 29.2 Å². The zero-order chi connectivity index (χ0) is 14.8. The molecule has 0 fully saturated rings. The summed E-state index contributed by atoms with van der Waals surface area (Å²) in [6.07, 6.45) is 1.84. The minimum absolute atomic E-state index is 0.226. The highest BCUT2D eigenvalue weighted by Gasteiger charge is 2.24. The van der Waals surface area contributed by atoms with E-state index >= 15 is 0 Å². The molecule has 2 aromatic carbocycles. The number of halogens is 1. The average molecular weight is 328 g/mol. The molecule has 106 valence electrons. The van der Waals surface area contributed by atoms with Gasteiger partial charge in [0.1, 0.15) is 4.90 Å². The highest BCUT2D eigenvalue weighted by molar-refractivity contribution is 7.99. The Hall–Kier alpha value is -1.17. The van der Waals surface area contributed by atoms with Crippen LogP contribution in [0, 0.1) is 0 Å². The molecular formula is C14H14ClNO2S2. The van der Waals surface area contributed by atoms with E-state index in [0.29, 0.717) is 15.6 Å². The first kappa shape index (κ1) is 15.2. The first-order valence-corrected chi connectivity index (χ1v) is 8.88. The van der Waals surface area contributed by atoms with E-state index in [2.05, 4.69) is 0 Å². The van der Waals surface area contributed by atoms with Crippen LogP contribution in [0.1, 0.15) is 0 Å². The van der Waals surface area contributed by atoms with Crippen LogP contribution in [0.2, 0.25) is 5.02 Å². The molecule has 0 saturated heterocycles. The summed E-state index contributed by atoms with van der Waals surface area (Å²) in [7, 11) is -2.09. The van der Waals surface area contributed by atoms with Crippen molar-refractivity contribution in [2.75, 3.05) is 17.6 Å². The molecule has 6 heteroatoms. The molecule has 2 aromatic rings. The van der Waals surface area contributed by atoms with Crippen molar-refractivity contribution >= 4 is 39.1 Å². The molecule has 0 bridgehead atoms. The van der Waals surface area contributed by atoms with Gasteiger partial charge in [-0.25, -0.2) is 8.42 Å². The molecule has 0 unspecified atom stereocenters. The van der Waals surface area contributed by atoms with Crippen LogP contribution < -0.4 is 4.31 Å². The van der Waals surface area contributed by atoms with Crippen LogP contribution in [-0.2, 0) is 10.0 Å². The summed E-state index contributed by atoms with van der Waals surface area (Å²) >= 11 is 7.32. The van der Waals surface area contributed by atoms with Crippen molar-refractivity contribution in [2.45, 2.75) is 9.79 Å². The lowest BCUT2D eigenvalue weighted by Crippen LogP contribution is -2.27. The molecular weight excluding hydrogens is 314 g/mol. The fraction of sp³-hybridized carbons (Fsp3) is 0.143. The summed E-state index contributed by atoms with van der Waals surface area (Å²) in [5, 5.41) is 0.405. The quantitative estimate of drug-likeness (QED) is 0.799. The number of nitrogens with zero attached hydrogens (tertiary/aromatic N) is 1. The van der Waals surface area contributed by atoms with Crippen LogP contribution in [0.5, 0.6) is 0 Å². The van der Waals surface area contributed by atoms with E-state index in [1.54, 1.807) is 36.4 Å². The second-order valence-corrected chi connectivity index (χ2v) is 7.33. The molecule has 2 rings (SSSR count). The smallest absolute Gasteiger partial charge is 0.265 e. The van der Waals surface area contributed by atoms with Crippen molar-refractivity contribution in [3.8, 4) is 0 Å². The maximum absolute atomic E-state index is 12.7. The molecule has 0 N–H and O–H groups in total. The SMILES string of the molecule is CSc1ccc(Cl)cc1S(=O)(=O)N(C)c1ccccc1. The fourth-order valence-corrected chi connectivity index (χ4v) is 4.34. The minimum Gasteiger partial charge on any atom is -0.269 e. The van der Waals surface area contributed by atoms with E-state index in [-0.39, 0.29) is 4.90 Å². The van der Waals surface area contributed by atoms with Gasteiger partial charge in [-0.3, -0.25) is 4.31 Å². The minimum atomic E-state index is -3.63. The third kappa shape index (κ3) is 2.95. The Morgan fingerprint density at radius 1 is 1.10 bits per heavy atom. The third-order valence-electron chi connectivity index (χ3n) is 2.88. The molecule has 0 amide bonds. The molecule has 3 nitrogen and oxygen atoms in total. The van der Waals surface area contributed by atoms with Crippen LogP contribution in [0.25, 0.3) is 0 Å². The average Bonchev–Trinajstić information content (AvgIpc) is 2.47. The Balaban J connectivity index is 2.53. The van der Waals surface area contributed by atoms with Crippen molar-refractivity contribution < 1.29 is 8.42 Å². The number of rotatable bonds is 4. The van der Waals surface area contributed by atoms with E-state index in [1.807, 2.05) is 12.3 Å². The third-order valence-corrected chi connectivity index (χ3v) is 5.87. The lowest BCUT2D eigenvalue weighted by molar-refractivity contribution is 0.592. The Bertz CT molecular complexity index is 702. The number of benzene rings is 2. The molecule has 0 heterocycles. The van der Waals surface area contributed by atoms with Gasteiger partial charge < -0.3 is 0 Å². The molecule has 0 aliphatic carbocycles. The molecule has 0 aromatic heterocycles. The Labute approximate surface area is 128 Å². The largest absolute Gasteiger partial charge is 0.269 e. The first-order chi connectivity index (χ1) is 9.46. The number of hydrogen-bond donors (Lipinski definition) is 0. The molecule has 20 heavy (non-hydrogen) atoms. The van der Waals surface area contributed by atoms with Gasteiger partial charge in [0.25, 0.3) is 10.0 Å². The van der Waals surface area contributed by atoms with E-state index in [0.717, 1.165) is 0 Å². The van der Waals surface area contributed by atoms with Gasteiger partial charge in [-0.05, 0) is 36.6 Å². The van der Waals surface area contributed by atoms with Gasteiger partial charge in [0.15, 0.2) is 0 Å². The van der Waals surface area contributed by atoms with E-state index < -0.39 is 10.0 Å². The molecule has 0 aliphatic rings. The van der Waals surface area contributed by atoms with Gasteiger partial charge in [0.2, 0.25) is 0 Å². The van der Waals surface area contributed by atoms with Crippen molar-refractivity contribution in [1.82, 2.24) is 0 Å². The van der Waals surface area contributed by atoms with Gasteiger partial charge in [-0.15, -0.1) is 11.8 Å². The maximum atomic E-state index is 12.7. The molecule has 0 atom stereocenters. The van der Waals surface area contributed by atoms with Crippen LogP contribution >= 0.6 is 23.4 Å². The van der Waals surface area contributed by atoms with Crippen LogP contribution in [0.15, 0.2) is 58.3 Å². The van der Waals surface area contributed by atoms with Crippen LogP contribution in [-0.4, -0.2) is 21.7 Å². The summed E-state index contributed by atoms with van der Waals surface area (Å²) in [6.45, 7) is 0. The van der Waals surface area contributed by atoms with Gasteiger partial charge in [0, 0.05) is 17.0 Å². The predicted molar refractivity (Wildman–Crippen MR) is 85.3 cm³/mol. The van der Waals surface area contributed by atoms with E-state index in [4.69, 9.17) is 11.6 Å². The fourth-order valence-electron chi connectivity index (χ4n) is 1.78. The van der Waals surface area contributed by atoms with Gasteiger partial charge in [-0.1, -0.05) is 29.8 Å². The Morgan fingerprint density at radius 3 is 2.35 bits per heavy atom. The number of para-hydroxylation sites is 1. The number of thioether (sulfide) groups is 1. The standard InChI is InChI=1S/C14H14ClNO2S2/c1-16(12-6-4-3-5-7-12)20(17,18)14-10-11(15)8-9-13(14)19-2/h3-10H,1-2H3. The number of sulfonamides is 1. The summed E-state index contributed by atoms with van der Waals surface area (Å²) < 4.78 is 26.7. The van der Waals surface area contributed by atoms with Gasteiger partial charge in [0.05, 0.1) is 5.69 Å². The first-order valence-electron chi connectivity index (χ1n) is 5.84. The summed E-state index contributed by atoms with van der Waals surface area (Å²) in [6, 6.07) is 13.8. The van der Waals surface area contributed by atoms with Gasteiger partial charge >= 0.3 is 0 Å². The normalized spacial score (nSPS) is 11.3. The highest BCUT2D eigenvalue weighted by atomic mass is 35.5. The summed E-state index contributed by atoms with van der Waals surface area (Å²) in [4.78, 5) is 0.904. The predicted octanol–water partition coefficient (Wildman–Crippen LogP) is 3.89. The van der Waals surface area contributed by atoms with Crippen LogP contribution in [0.3, 0.4) is 0 Å².